The highest BCUT2D eigenvalue weighted by atomic mass is 32.2. The van der Waals surface area contributed by atoms with Crippen molar-refractivity contribution in [2.45, 2.75) is 16.5 Å². The Morgan fingerprint density at radius 1 is 1.48 bits per heavy atom. The van der Waals surface area contributed by atoms with E-state index in [4.69, 9.17) is 5.11 Å². The number of nitrogens with zero attached hydrogens (tertiary/aromatic N) is 3. The molecule has 0 radical (unpaired) electrons. The summed E-state index contributed by atoms with van der Waals surface area (Å²) < 4.78 is 24.7. The van der Waals surface area contributed by atoms with Crippen LogP contribution >= 0.6 is 11.8 Å². The maximum Gasteiger partial charge on any atom is 0.335 e. The van der Waals surface area contributed by atoms with Crippen molar-refractivity contribution in [2.24, 2.45) is 0 Å². The van der Waals surface area contributed by atoms with Crippen molar-refractivity contribution in [3.05, 3.63) is 39.7 Å². The van der Waals surface area contributed by atoms with E-state index in [0.29, 0.717) is 11.8 Å². The molecule has 0 aliphatic heterocycles. The fourth-order valence-corrected chi connectivity index (χ4v) is 2.19. The molecule has 1 heterocycles. The molecule has 110 valence electrons. The maximum absolute atomic E-state index is 12.4. The fourth-order valence-electron chi connectivity index (χ4n) is 1.38. The zero-order chi connectivity index (χ0) is 15.6. The predicted octanol–water partition coefficient (Wildman–Crippen LogP) is 2.50. The highest BCUT2D eigenvalue weighted by Crippen LogP contribution is 2.34. The van der Waals surface area contributed by atoms with Crippen molar-refractivity contribution >= 4 is 23.4 Å². The van der Waals surface area contributed by atoms with E-state index in [1.54, 1.807) is 0 Å². The van der Waals surface area contributed by atoms with E-state index in [0.717, 1.165) is 6.07 Å². The van der Waals surface area contributed by atoms with Gasteiger partial charge in [-0.15, -0.1) is 5.10 Å². The summed E-state index contributed by atoms with van der Waals surface area (Å²) in [6.07, 6.45) is -2.84. The van der Waals surface area contributed by atoms with Gasteiger partial charge >= 0.3 is 5.97 Å². The van der Waals surface area contributed by atoms with Gasteiger partial charge in [0.2, 0.25) is 5.16 Å². The van der Waals surface area contributed by atoms with E-state index < -0.39 is 28.8 Å². The van der Waals surface area contributed by atoms with Gasteiger partial charge in [-0.1, -0.05) is 0 Å². The number of nitro benzene ring substituents is 1. The number of alkyl halides is 2. The second-order valence-electron chi connectivity index (χ2n) is 3.65. The average molecular weight is 316 g/mol. The molecule has 0 fully saturated rings. The van der Waals surface area contributed by atoms with Crippen molar-refractivity contribution in [1.82, 2.24) is 15.2 Å². The van der Waals surface area contributed by atoms with Crippen molar-refractivity contribution < 1.29 is 23.6 Å². The standard InChI is InChI=1S/C10H6F2N4O4S/c11-7(12)8-13-10(15-14-8)21-6-2-1-4(9(17)18)3-5(6)16(19)20/h1-3,7H,(H,17,18)(H,13,14,15). The van der Waals surface area contributed by atoms with Crippen LogP contribution in [0.25, 0.3) is 0 Å². The number of benzene rings is 1. The number of carboxylic acid groups (broad SMARTS) is 1. The third-order valence-electron chi connectivity index (χ3n) is 2.29. The summed E-state index contributed by atoms with van der Waals surface area (Å²) in [5.74, 6) is -1.96. The SMILES string of the molecule is O=C(O)c1ccc(Sc2n[nH]c(C(F)F)n2)c([N+](=O)[O-])c1. The Hall–Kier alpha value is -2.56. The van der Waals surface area contributed by atoms with Crippen LogP contribution in [0.5, 0.6) is 0 Å². The Bertz CT molecular complexity index is 706. The molecule has 0 aliphatic carbocycles. The Morgan fingerprint density at radius 2 is 2.19 bits per heavy atom. The number of H-pyrrole nitrogens is 1. The van der Waals surface area contributed by atoms with Crippen LogP contribution in [0.3, 0.4) is 0 Å². The average Bonchev–Trinajstić information content (AvgIpc) is 2.87. The van der Waals surface area contributed by atoms with Gasteiger partial charge in [0.25, 0.3) is 12.1 Å². The van der Waals surface area contributed by atoms with E-state index in [1.165, 1.54) is 12.1 Å². The molecular formula is C10H6F2N4O4S. The molecule has 0 bridgehead atoms. The molecular weight excluding hydrogens is 310 g/mol. The summed E-state index contributed by atoms with van der Waals surface area (Å²) >= 11 is 0.680. The van der Waals surface area contributed by atoms with Crippen LogP contribution in [0.4, 0.5) is 14.5 Å². The van der Waals surface area contributed by atoms with Crippen LogP contribution in [-0.4, -0.2) is 31.2 Å². The third kappa shape index (κ3) is 3.31. The van der Waals surface area contributed by atoms with Gasteiger partial charge in [-0.25, -0.2) is 13.6 Å². The second kappa shape index (κ2) is 5.83. The van der Waals surface area contributed by atoms with Crippen molar-refractivity contribution in [3.63, 3.8) is 0 Å². The summed E-state index contributed by atoms with van der Waals surface area (Å²) in [7, 11) is 0. The molecule has 11 heteroatoms. The first-order valence-corrected chi connectivity index (χ1v) is 6.10. The molecule has 0 atom stereocenters. The van der Waals surface area contributed by atoms with Gasteiger partial charge in [-0.05, 0) is 23.9 Å². The highest BCUT2D eigenvalue weighted by Gasteiger charge is 2.20. The second-order valence-corrected chi connectivity index (χ2v) is 4.66. The molecule has 0 unspecified atom stereocenters. The number of carboxylic acids is 1. The minimum Gasteiger partial charge on any atom is -0.478 e. The van der Waals surface area contributed by atoms with Gasteiger partial charge in [0.15, 0.2) is 5.82 Å². The zero-order valence-electron chi connectivity index (χ0n) is 9.99. The van der Waals surface area contributed by atoms with Gasteiger partial charge in [0, 0.05) is 6.07 Å². The molecule has 0 aliphatic rings. The summed E-state index contributed by atoms with van der Waals surface area (Å²) in [6.45, 7) is 0. The zero-order valence-corrected chi connectivity index (χ0v) is 10.8. The smallest absolute Gasteiger partial charge is 0.335 e. The number of nitro groups is 1. The third-order valence-corrected chi connectivity index (χ3v) is 3.22. The molecule has 0 saturated carbocycles. The predicted molar refractivity (Wildman–Crippen MR) is 65.5 cm³/mol. The van der Waals surface area contributed by atoms with Crippen LogP contribution in [0.1, 0.15) is 22.6 Å². The molecule has 1 aromatic carbocycles. The van der Waals surface area contributed by atoms with Crippen molar-refractivity contribution in [2.75, 3.05) is 0 Å². The Labute approximate surface area is 119 Å². The highest BCUT2D eigenvalue weighted by molar-refractivity contribution is 7.99. The van der Waals surface area contributed by atoms with E-state index >= 15 is 0 Å². The molecule has 8 nitrogen and oxygen atoms in total. The summed E-state index contributed by atoms with van der Waals surface area (Å²) in [6, 6.07) is 3.24. The summed E-state index contributed by atoms with van der Waals surface area (Å²) in [4.78, 5) is 24.5. The van der Waals surface area contributed by atoms with Crippen LogP contribution in [0.2, 0.25) is 0 Å². The number of aromatic nitrogens is 3. The first-order chi connectivity index (χ1) is 9.88. The molecule has 21 heavy (non-hydrogen) atoms. The number of hydrogen-bond acceptors (Lipinski definition) is 6. The first kappa shape index (κ1) is 14.8. The number of hydrogen-bond donors (Lipinski definition) is 2. The van der Waals surface area contributed by atoms with Gasteiger partial charge in [-0.2, -0.15) is 4.98 Å². The molecule has 0 spiro atoms. The normalized spacial score (nSPS) is 10.8. The minimum atomic E-state index is -2.84. The largest absolute Gasteiger partial charge is 0.478 e. The Morgan fingerprint density at radius 3 is 2.71 bits per heavy atom. The van der Waals surface area contributed by atoms with Crippen LogP contribution in [-0.2, 0) is 0 Å². The van der Waals surface area contributed by atoms with Crippen LogP contribution in [0, 0.1) is 10.1 Å². The van der Waals surface area contributed by atoms with Gasteiger partial charge in [0.05, 0.1) is 15.4 Å². The number of aromatic amines is 1. The monoisotopic (exact) mass is 316 g/mol. The topological polar surface area (TPSA) is 122 Å². The van der Waals surface area contributed by atoms with Gasteiger partial charge in [-0.3, -0.25) is 15.2 Å². The lowest BCUT2D eigenvalue weighted by Crippen LogP contribution is -1.99. The van der Waals surface area contributed by atoms with E-state index in [2.05, 4.69) is 10.1 Å². The number of nitrogens with one attached hydrogen (secondary N) is 1. The maximum atomic E-state index is 12.4. The van der Waals surface area contributed by atoms with E-state index in [-0.39, 0.29) is 15.6 Å². The van der Waals surface area contributed by atoms with Crippen molar-refractivity contribution in [3.8, 4) is 0 Å². The number of carbonyl (C=O) groups is 1. The van der Waals surface area contributed by atoms with Crippen LogP contribution < -0.4 is 0 Å². The number of halogens is 2. The number of rotatable bonds is 5. The van der Waals surface area contributed by atoms with E-state index in [1.807, 2.05) is 5.10 Å². The lowest BCUT2D eigenvalue weighted by Gasteiger charge is -2.01. The van der Waals surface area contributed by atoms with Gasteiger partial charge in [0.1, 0.15) is 0 Å². The fraction of sp³-hybridized carbons (Fsp3) is 0.100. The molecule has 2 aromatic rings. The first-order valence-electron chi connectivity index (χ1n) is 5.28. The molecule has 2 rings (SSSR count). The summed E-state index contributed by atoms with van der Waals surface area (Å²) in [5.41, 5.74) is -0.724. The molecule has 2 N–H and O–H groups in total. The van der Waals surface area contributed by atoms with Crippen molar-refractivity contribution in [1.29, 1.82) is 0 Å². The molecule has 0 amide bonds. The Balaban J connectivity index is 2.34. The quantitative estimate of drug-likeness (QED) is 0.641. The lowest BCUT2D eigenvalue weighted by atomic mass is 10.2. The Kier molecular flexibility index (Phi) is 4.12. The lowest BCUT2D eigenvalue weighted by molar-refractivity contribution is -0.387. The number of aromatic carboxylic acids is 1. The minimum absolute atomic E-state index is 0.0461. The summed E-state index contributed by atoms with van der Waals surface area (Å²) in [5, 5.41) is 25.1. The molecule has 0 saturated heterocycles. The van der Waals surface area contributed by atoms with Gasteiger partial charge < -0.3 is 5.11 Å². The van der Waals surface area contributed by atoms with E-state index in [9.17, 15) is 23.7 Å². The molecule has 1 aromatic heterocycles. The van der Waals surface area contributed by atoms with Crippen LogP contribution in [0.15, 0.2) is 28.3 Å².